The zero-order chi connectivity index (χ0) is 19.3. The number of rotatable bonds is 5. The van der Waals surface area contributed by atoms with Crippen LogP contribution in [0.25, 0.3) is 11.0 Å². The van der Waals surface area contributed by atoms with E-state index in [0.717, 1.165) is 42.5 Å². The molecule has 2 aromatic carbocycles. The van der Waals surface area contributed by atoms with Gasteiger partial charge in [-0.15, -0.1) is 0 Å². The predicted molar refractivity (Wildman–Crippen MR) is 109 cm³/mol. The molecule has 0 atom stereocenters. The minimum absolute atomic E-state index is 0.113. The Kier molecular flexibility index (Phi) is 5.24. The van der Waals surface area contributed by atoms with Crippen molar-refractivity contribution in [2.24, 2.45) is 0 Å². The first-order valence-corrected chi connectivity index (χ1v) is 9.74. The number of amides is 2. The molecule has 0 bridgehead atoms. The monoisotopic (exact) mass is 373 g/mol. The van der Waals surface area contributed by atoms with Crippen LogP contribution in [-0.4, -0.2) is 33.5 Å². The highest BCUT2D eigenvalue weighted by atomic mass is 16.2. The number of hydrogen-bond donors (Lipinski definition) is 2. The lowest BCUT2D eigenvalue weighted by Crippen LogP contribution is -2.43. The minimum Gasteiger partial charge on any atom is -0.342 e. The topological polar surface area (TPSA) is 84.8 Å². The highest BCUT2D eigenvalue weighted by Gasteiger charge is 2.27. The molecule has 1 heterocycles. The summed E-state index contributed by atoms with van der Waals surface area (Å²) in [5.74, 6) is 0.892. The van der Waals surface area contributed by atoms with Crippen molar-refractivity contribution in [3.05, 3.63) is 59.9 Å². The number of nitriles is 1. The number of carbonyl (C=O) groups excluding carboxylic acids is 1. The number of nitrogens with zero attached hydrogens (tertiary/aromatic N) is 3. The number of H-pyrrole nitrogens is 1. The minimum atomic E-state index is -0.113. The van der Waals surface area contributed by atoms with Crippen molar-refractivity contribution in [2.45, 2.75) is 38.1 Å². The summed E-state index contributed by atoms with van der Waals surface area (Å²) in [6.07, 6.45) is 5.06. The van der Waals surface area contributed by atoms with Crippen molar-refractivity contribution in [1.82, 2.24) is 14.9 Å². The predicted octanol–water partition coefficient (Wildman–Crippen LogP) is 4.45. The Morgan fingerprint density at radius 1 is 1.21 bits per heavy atom. The third kappa shape index (κ3) is 3.99. The van der Waals surface area contributed by atoms with Crippen LogP contribution in [-0.2, 0) is 6.42 Å². The molecule has 0 unspecified atom stereocenters. The van der Waals surface area contributed by atoms with Gasteiger partial charge in [0, 0.05) is 24.7 Å². The number of carbonyl (C=O) groups is 1. The fourth-order valence-corrected chi connectivity index (χ4v) is 3.88. The van der Waals surface area contributed by atoms with E-state index in [-0.39, 0.29) is 12.1 Å². The molecule has 28 heavy (non-hydrogen) atoms. The number of anilines is 1. The van der Waals surface area contributed by atoms with Crippen LogP contribution in [0.3, 0.4) is 0 Å². The van der Waals surface area contributed by atoms with E-state index in [1.54, 1.807) is 18.2 Å². The van der Waals surface area contributed by atoms with Crippen molar-refractivity contribution in [2.75, 3.05) is 11.9 Å². The molecular formula is C22H23N5O. The molecule has 1 aliphatic rings. The summed E-state index contributed by atoms with van der Waals surface area (Å²) in [7, 11) is 0. The maximum atomic E-state index is 13.0. The van der Waals surface area contributed by atoms with Crippen LogP contribution in [0, 0.1) is 11.3 Å². The summed E-state index contributed by atoms with van der Waals surface area (Å²) in [6, 6.07) is 17.2. The van der Waals surface area contributed by atoms with E-state index < -0.39 is 0 Å². The van der Waals surface area contributed by atoms with Gasteiger partial charge < -0.3 is 15.2 Å². The Balaban J connectivity index is 1.48. The van der Waals surface area contributed by atoms with E-state index in [0.29, 0.717) is 24.2 Å². The maximum absolute atomic E-state index is 13.0. The normalized spacial score (nSPS) is 14.1. The van der Waals surface area contributed by atoms with E-state index in [1.807, 2.05) is 35.2 Å². The molecule has 0 radical (unpaired) electrons. The summed E-state index contributed by atoms with van der Waals surface area (Å²) in [5.41, 5.74) is 3.15. The average Bonchev–Trinajstić information content (AvgIpc) is 3.38. The Morgan fingerprint density at radius 2 is 2.04 bits per heavy atom. The number of aromatic amines is 1. The third-order valence-corrected chi connectivity index (χ3v) is 5.30. The number of imidazole rings is 1. The molecule has 0 saturated heterocycles. The van der Waals surface area contributed by atoms with Gasteiger partial charge in [-0.3, -0.25) is 0 Å². The second-order valence-corrected chi connectivity index (χ2v) is 7.21. The molecule has 1 aromatic heterocycles. The third-order valence-electron chi connectivity index (χ3n) is 5.30. The van der Waals surface area contributed by atoms with Gasteiger partial charge in [0.15, 0.2) is 0 Å². The Morgan fingerprint density at radius 3 is 2.82 bits per heavy atom. The number of para-hydroxylation sites is 2. The Bertz CT molecular complexity index is 980. The van der Waals surface area contributed by atoms with Gasteiger partial charge in [-0.2, -0.15) is 5.26 Å². The smallest absolute Gasteiger partial charge is 0.322 e. The van der Waals surface area contributed by atoms with E-state index >= 15 is 0 Å². The van der Waals surface area contributed by atoms with Gasteiger partial charge in [-0.05, 0) is 43.2 Å². The van der Waals surface area contributed by atoms with Gasteiger partial charge in [0.1, 0.15) is 5.82 Å². The van der Waals surface area contributed by atoms with Crippen LogP contribution in [0.5, 0.6) is 0 Å². The van der Waals surface area contributed by atoms with Crippen molar-refractivity contribution in [3.63, 3.8) is 0 Å². The second kappa shape index (κ2) is 8.13. The molecule has 3 aromatic rings. The van der Waals surface area contributed by atoms with Gasteiger partial charge >= 0.3 is 6.03 Å². The molecule has 2 amide bonds. The number of fused-ring (bicyclic) bond motifs is 1. The van der Waals surface area contributed by atoms with E-state index in [1.165, 1.54) is 0 Å². The number of nitrogens with one attached hydrogen (secondary N) is 2. The lowest BCUT2D eigenvalue weighted by molar-refractivity contribution is 0.189. The molecule has 0 spiro atoms. The lowest BCUT2D eigenvalue weighted by Gasteiger charge is -2.29. The molecule has 0 aliphatic heterocycles. The fourth-order valence-electron chi connectivity index (χ4n) is 3.88. The summed E-state index contributed by atoms with van der Waals surface area (Å²) >= 11 is 0. The highest BCUT2D eigenvalue weighted by molar-refractivity contribution is 5.89. The first-order valence-electron chi connectivity index (χ1n) is 9.74. The number of benzene rings is 2. The standard InChI is InChI=1S/C22H23N5O/c23-15-16-6-5-7-17(14-16)24-22(28)27(18-8-1-2-9-18)13-12-21-25-19-10-3-4-11-20(19)26-21/h3-7,10-11,14,18H,1-2,8-9,12-13H2,(H,24,28)(H,25,26). The summed E-state index contributed by atoms with van der Waals surface area (Å²) in [5, 5.41) is 12.0. The van der Waals surface area contributed by atoms with Crippen molar-refractivity contribution in [3.8, 4) is 6.07 Å². The first-order chi connectivity index (χ1) is 13.7. The quantitative estimate of drug-likeness (QED) is 0.693. The van der Waals surface area contributed by atoms with Crippen LogP contribution in [0.4, 0.5) is 10.5 Å². The van der Waals surface area contributed by atoms with Crippen LogP contribution in [0.2, 0.25) is 0 Å². The molecule has 1 saturated carbocycles. The van der Waals surface area contributed by atoms with Crippen molar-refractivity contribution in [1.29, 1.82) is 5.26 Å². The molecule has 142 valence electrons. The first kappa shape index (κ1) is 18.1. The molecular weight excluding hydrogens is 350 g/mol. The molecule has 2 N–H and O–H groups in total. The van der Waals surface area contributed by atoms with Gasteiger partial charge in [0.25, 0.3) is 0 Å². The van der Waals surface area contributed by atoms with Gasteiger partial charge in [-0.1, -0.05) is 31.0 Å². The van der Waals surface area contributed by atoms with Crippen LogP contribution >= 0.6 is 0 Å². The van der Waals surface area contributed by atoms with Crippen LogP contribution in [0.15, 0.2) is 48.5 Å². The average molecular weight is 373 g/mol. The second-order valence-electron chi connectivity index (χ2n) is 7.21. The largest absolute Gasteiger partial charge is 0.342 e. The zero-order valence-electron chi connectivity index (χ0n) is 15.7. The lowest BCUT2D eigenvalue weighted by atomic mass is 10.2. The summed E-state index contributed by atoms with van der Waals surface area (Å²) in [6.45, 7) is 0.605. The number of hydrogen-bond acceptors (Lipinski definition) is 3. The summed E-state index contributed by atoms with van der Waals surface area (Å²) < 4.78 is 0. The molecule has 6 nitrogen and oxygen atoms in total. The molecule has 4 rings (SSSR count). The van der Waals surface area contributed by atoms with Gasteiger partial charge in [-0.25, -0.2) is 9.78 Å². The van der Waals surface area contributed by atoms with Crippen LogP contribution < -0.4 is 5.32 Å². The molecule has 6 heteroatoms. The van der Waals surface area contributed by atoms with Crippen molar-refractivity contribution >= 4 is 22.8 Å². The molecule has 1 aliphatic carbocycles. The maximum Gasteiger partial charge on any atom is 0.322 e. The Labute approximate surface area is 164 Å². The summed E-state index contributed by atoms with van der Waals surface area (Å²) in [4.78, 5) is 22.9. The number of aromatic nitrogens is 2. The van der Waals surface area contributed by atoms with E-state index in [4.69, 9.17) is 5.26 Å². The van der Waals surface area contributed by atoms with E-state index in [2.05, 4.69) is 21.4 Å². The number of urea groups is 1. The SMILES string of the molecule is N#Cc1cccc(NC(=O)N(CCc2nc3ccccc3[nH]2)C2CCCC2)c1. The Hall–Kier alpha value is -3.33. The fraction of sp³-hybridized carbons (Fsp3) is 0.318. The van der Waals surface area contributed by atoms with E-state index in [9.17, 15) is 4.79 Å². The van der Waals surface area contributed by atoms with Gasteiger partial charge in [0.2, 0.25) is 0 Å². The van der Waals surface area contributed by atoms with Gasteiger partial charge in [0.05, 0.1) is 22.7 Å². The molecule has 1 fully saturated rings. The van der Waals surface area contributed by atoms with Crippen LogP contribution in [0.1, 0.15) is 37.1 Å². The zero-order valence-corrected chi connectivity index (χ0v) is 15.7. The van der Waals surface area contributed by atoms with Crippen molar-refractivity contribution < 1.29 is 4.79 Å². The highest BCUT2D eigenvalue weighted by Crippen LogP contribution is 2.25.